The van der Waals surface area contributed by atoms with Crippen molar-refractivity contribution in [1.82, 2.24) is 0 Å². The van der Waals surface area contributed by atoms with E-state index in [4.69, 9.17) is 25.8 Å². The van der Waals surface area contributed by atoms with Crippen LogP contribution in [0.2, 0.25) is 5.02 Å². The number of ether oxygens (including phenoxy) is 3. The highest BCUT2D eigenvalue weighted by molar-refractivity contribution is 6.30. The number of carbonyl (C=O) groups excluding carboxylic acids is 1. The summed E-state index contributed by atoms with van der Waals surface area (Å²) in [6, 6.07) is 10.7. The lowest BCUT2D eigenvalue weighted by Gasteiger charge is -2.21. The largest absolute Gasteiger partial charge is 0.483 e. The fourth-order valence-corrected chi connectivity index (χ4v) is 3.63. The number of hydrogen-bond acceptors (Lipinski definition) is 4. The highest BCUT2D eigenvalue weighted by Crippen LogP contribution is 2.47. The lowest BCUT2D eigenvalue weighted by atomic mass is 10.2. The van der Waals surface area contributed by atoms with Crippen LogP contribution < -0.4 is 19.5 Å². The van der Waals surface area contributed by atoms with Crippen molar-refractivity contribution >= 4 is 23.2 Å². The second-order valence-corrected chi connectivity index (χ2v) is 7.17. The summed E-state index contributed by atoms with van der Waals surface area (Å²) >= 11 is 5.92. The fourth-order valence-electron chi connectivity index (χ4n) is 3.40. The standard InChI is InChI=1S/C20H20ClNO4/c1-13-10-14(21)4-6-16(13)24-12-19(23)22-15-5-7-17-18(11-15)26-20(25-17)8-2-3-9-20/h4-7,10-11H,2-3,8-9,12H2,1H3,(H,22,23). The van der Waals surface area contributed by atoms with Gasteiger partial charge in [-0.25, -0.2) is 0 Å². The minimum atomic E-state index is -0.500. The normalized spacial score (nSPS) is 16.7. The summed E-state index contributed by atoms with van der Waals surface area (Å²) in [6.45, 7) is 1.80. The fraction of sp³-hybridized carbons (Fsp3) is 0.350. The molecule has 1 spiro atoms. The smallest absolute Gasteiger partial charge is 0.262 e. The van der Waals surface area contributed by atoms with Gasteiger partial charge in [-0.3, -0.25) is 4.79 Å². The topological polar surface area (TPSA) is 56.8 Å². The number of halogens is 1. The predicted molar refractivity (Wildman–Crippen MR) is 99.2 cm³/mol. The van der Waals surface area contributed by atoms with Gasteiger partial charge in [-0.1, -0.05) is 11.6 Å². The van der Waals surface area contributed by atoms with Crippen molar-refractivity contribution < 1.29 is 19.0 Å². The molecule has 1 amide bonds. The molecule has 1 N–H and O–H groups in total. The molecule has 0 atom stereocenters. The van der Waals surface area contributed by atoms with Crippen LogP contribution in [0.1, 0.15) is 31.2 Å². The zero-order chi connectivity index (χ0) is 18.1. The van der Waals surface area contributed by atoms with E-state index in [2.05, 4.69) is 5.32 Å². The molecule has 1 saturated carbocycles. The predicted octanol–water partition coefficient (Wildman–Crippen LogP) is 4.71. The van der Waals surface area contributed by atoms with Gasteiger partial charge in [0.2, 0.25) is 0 Å². The third kappa shape index (κ3) is 3.44. The molecule has 26 heavy (non-hydrogen) atoms. The highest BCUT2D eigenvalue weighted by atomic mass is 35.5. The highest BCUT2D eigenvalue weighted by Gasteiger charge is 2.44. The number of fused-ring (bicyclic) bond motifs is 1. The Morgan fingerprint density at radius 2 is 1.92 bits per heavy atom. The first-order valence-electron chi connectivity index (χ1n) is 8.74. The molecule has 5 nitrogen and oxygen atoms in total. The number of carbonyl (C=O) groups is 1. The Morgan fingerprint density at radius 3 is 2.69 bits per heavy atom. The van der Waals surface area contributed by atoms with Gasteiger partial charge in [0.25, 0.3) is 11.7 Å². The molecule has 2 aromatic rings. The van der Waals surface area contributed by atoms with Crippen molar-refractivity contribution in [3.63, 3.8) is 0 Å². The van der Waals surface area contributed by atoms with Gasteiger partial charge in [0, 0.05) is 29.6 Å². The average molecular weight is 374 g/mol. The van der Waals surface area contributed by atoms with E-state index < -0.39 is 5.79 Å². The van der Waals surface area contributed by atoms with Crippen LogP contribution in [0.15, 0.2) is 36.4 Å². The number of hydrogen-bond donors (Lipinski definition) is 1. The van der Waals surface area contributed by atoms with Gasteiger partial charge in [-0.15, -0.1) is 0 Å². The maximum atomic E-state index is 12.2. The van der Waals surface area contributed by atoms with Gasteiger partial charge in [-0.05, 0) is 55.7 Å². The quantitative estimate of drug-likeness (QED) is 0.843. The third-order valence-electron chi connectivity index (χ3n) is 4.68. The maximum absolute atomic E-state index is 12.2. The second-order valence-electron chi connectivity index (χ2n) is 6.73. The Labute approximate surface area is 157 Å². The Bertz CT molecular complexity index is 846. The molecule has 1 fully saturated rings. The van der Waals surface area contributed by atoms with Gasteiger partial charge >= 0.3 is 0 Å². The van der Waals surface area contributed by atoms with E-state index >= 15 is 0 Å². The molecule has 0 aromatic heterocycles. The van der Waals surface area contributed by atoms with Crippen molar-refractivity contribution in [3.8, 4) is 17.2 Å². The van der Waals surface area contributed by atoms with Gasteiger partial charge < -0.3 is 19.5 Å². The summed E-state index contributed by atoms with van der Waals surface area (Å²) in [5.41, 5.74) is 1.54. The summed E-state index contributed by atoms with van der Waals surface area (Å²) in [4.78, 5) is 12.2. The van der Waals surface area contributed by atoms with Crippen molar-refractivity contribution in [2.45, 2.75) is 38.4 Å². The summed E-state index contributed by atoms with van der Waals surface area (Å²) in [7, 11) is 0. The van der Waals surface area contributed by atoms with Crippen LogP contribution in [0.5, 0.6) is 17.2 Å². The Balaban J connectivity index is 1.37. The molecule has 0 saturated heterocycles. The molecule has 2 aromatic carbocycles. The van der Waals surface area contributed by atoms with E-state index in [1.807, 2.05) is 19.1 Å². The number of nitrogens with one attached hydrogen (secondary N) is 1. The average Bonchev–Trinajstić information content (AvgIpc) is 3.20. The summed E-state index contributed by atoms with van der Waals surface area (Å²) < 4.78 is 17.6. The van der Waals surface area contributed by atoms with Gasteiger partial charge in [-0.2, -0.15) is 0 Å². The van der Waals surface area contributed by atoms with Crippen molar-refractivity contribution in [2.24, 2.45) is 0 Å². The van der Waals surface area contributed by atoms with Crippen LogP contribution in [0.25, 0.3) is 0 Å². The molecule has 136 valence electrons. The van der Waals surface area contributed by atoms with Gasteiger partial charge in [0.1, 0.15) is 5.75 Å². The van der Waals surface area contributed by atoms with Crippen LogP contribution >= 0.6 is 11.6 Å². The van der Waals surface area contributed by atoms with E-state index in [1.54, 1.807) is 24.3 Å². The van der Waals surface area contributed by atoms with E-state index in [1.165, 1.54) is 0 Å². The van der Waals surface area contributed by atoms with Crippen molar-refractivity contribution in [3.05, 3.63) is 47.0 Å². The summed E-state index contributed by atoms with van der Waals surface area (Å²) in [5.74, 6) is 1.31. The number of aryl methyl sites for hydroxylation is 1. The van der Waals surface area contributed by atoms with Crippen LogP contribution in [-0.4, -0.2) is 18.3 Å². The van der Waals surface area contributed by atoms with Crippen LogP contribution in [0, 0.1) is 6.92 Å². The van der Waals surface area contributed by atoms with Crippen molar-refractivity contribution in [1.29, 1.82) is 0 Å². The summed E-state index contributed by atoms with van der Waals surface area (Å²) in [5, 5.41) is 3.46. The first-order valence-corrected chi connectivity index (χ1v) is 9.12. The van der Waals surface area contributed by atoms with E-state index in [0.29, 0.717) is 22.2 Å². The first-order chi connectivity index (χ1) is 12.5. The Hall–Kier alpha value is -2.40. The van der Waals surface area contributed by atoms with Crippen LogP contribution in [0.3, 0.4) is 0 Å². The zero-order valence-corrected chi connectivity index (χ0v) is 15.3. The molecule has 0 bridgehead atoms. The number of amides is 1. The molecule has 1 aliphatic carbocycles. The van der Waals surface area contributed by atoms with Crippen LogP contribution in [0.4, 0.5) is 5.69 Å². The third-order valence-corrected chi connectivity index (χ3v) is 4.92. The summed E-state index contributed by atoms with van der Waals surface area (Å²) in [6.07, 6.45) is 4.02. The van der Waals surface area contributed by atoms with E-state index in [-0.39, 0.29) is 12.5 Å². The molecule has 4 rings (SSSR count). The minimum Gasteiger partial charge on any atom is -0.483 e. The lowest BCUT2D eigenvalue weighted by molar-refractivity contribution is -0.118. The Kier molecular flexibility index (Phi) is 4.41. The first kappa shape index (κ1) is 17.0. The Morgan fingerprint density at radius 1 is 1.15 bits per heavy atom. The molecule has 0 unspecified atom stereocenters. The maximum Gasteiger partial charge on any atom is 0.262 e. The monoisotopic (exact) mass is 373 g/mol. The van der Waals surface area contributed by atoms with Gasteiger partial charge in [0.15, 0.2) is 18.1 Å². The molecule has 2 aliphatic rings. The van der Waals surface area contributed by atoms with Gasteiger partial charge in [0.05, 0.1) is 0 Å². The number of rotatable bonds is 4. The lowest BCUT2D eigenvalue weighted by Crippen LogP contribution is -2.34. The minimum absolute atomic E-state index is 0.0825. The molecular formula is C20H20ClNO4. The van der Waals surface area contributed by atoms with E-state index in [0.717, 1.165) is 37.0 Å². The molecule has 0 radical (unpaired) electrons. The molecule has 1 aliphatic heterocycles. The second kappa shape index (κ2) is 6.72. The van der Waals surface area contributed by atoms with E-state index in [9.17, 15) is 4.79 Å². The number of anilines is 1. The molecule has 6 heteroatoms. The van der Waals surface area contributed by atoms with Crippen molar-refractivity contribution in [2.75, 3.05) is 11.9 Å². The van der Waals surface area contributed by atoms with Crippen LogP contribution in [-0.2, 0) is 4.79 Å². The SMILES string of the molecule is Cc1cc(Cl)ccc1OCC(=O)Nc1ccc2c(c1)OC1(CCCC1)O2. The zero-order valence-electron chi connectivity index (χ0n) is 14.5. The number of benzene rings is 2. The molecular weight excluding hydrogens is 354 g/mol. The molecule has 1 heterocycles.